The Morgan fingerprint density at radius 2 is 2.12 bits per heavy atom. The first-order chi connectivity index (χ1) is 7.74. The summed E-state index contributed by atoms with van der Waals surface area (Å²) < 4.78 is 5.54. The highest BCUT2D eigenvalue weighted by Crippen LogP contribution is 2.11. The molecule has 0 fully saturated rings. The number of nitrogens with two attached hydrogens (primary N) is 1. The number of benzene rings is 1. The van der Waals surface area contributed by atoms with Crippen LogP contribution in [0.5, 0.6) is 5.88 Å². The number of anilines is 1. The lowest BCUT2D eigenvalue weighted by molar-refractivity contribution is 0.294. The molecule has 0 radical (unpaired) electrons. The van der Waals surface area contributed by atoms with Crippen molar-refractivity contribution in [2.24, 2.45) is 0 Å². The average molecular weight is 214 g/mol. The summed E-state index contributed by atoms with van der Waals surface area (Å²) in [5.74, 6) is 0.632. The molecule has 0 aliphatic carbocycles. The molecule has 0 saturated heterocycles. The van der Waals surface area contributed by atoms with Crippen molar-refractivity contribution in [1.82, 2.24) is 4.98 Å². The molecule has 0 aliphatic rings. The van der Waals surface area contributed by atoms with Crippen LogP contribution in [0.15, 0.2) is 42.6 Å². The van der Waals surface area contributed by atoms with E-state index in [-0.39, 0.29) is 0 Å². The predicted molar refractivity (Wildman–Crippen MR) is 64.2 cm³/mol. The zero-order chi connectivity index (χ0) is 11.4. The Morgan fingerprint density at radius 1 is 1.25 bits per heavy atom. The quantitative estimate of drug-likeness (QED) is 0.799. The number of hydrogen-bond donors (Lipinski definition) is 1. The zero-order valence-corrected chi connectivity index (χ0v) is 9.18. The van der Waals surface area contributed by atoms with Gasteiger partial charge in [0, 0.05) is 18.0 Å². The van der Waals surface area contributed by atoms with Crippen LogP contribution in [0.4, 0.5) is 5.69 Å². The standard InChI is InChI=1S/C13H14N2O/c1-10-5-6-13(15-8-10)16-9-11-3-2-4-12(14)7-11/h2-8H,9,14H2,1H3. The molecule has 82 valence electrons. The normalized spacial score (nSPS) is 10.1. The van der Waals surface area contributed by atoms with Crippen LogP contribution in [0.1, 0.15) is 11.1 Å². The van der Waals surface area contributed by atoms with Crippen molar-refractivity contribution >= 4 is 5.69 Å². The number of aromatic nitrogens is 1. The second-order valence-corrected chi connectivity index (χ2v) is 3.71. The molecular weight excluding hydrogens is 200 g/mol. The summed E-state index contributed by atoms with van der Waals surface area (Å²) in [4.78, 5) is 4.16. The monoisotopic (exact) mass is 214 g/mol. The lowest BCUT2D eigenvalue weighted by Crippen LogP contribution is -1.98. The third-order valence-electron chi connectivity index (χ3n) is 2.22. The first kappa shape index (κ1) is 10.5. The number of aryl methyl sites for hydroxylation is 1. The molecule has 2 N–H and O–H groups in total. The second kappa shape index (κ2) is 4.66. The van der Waals surface area contributed by atoms with E-state index in [2.05, 4.69) is 4.98 Å². The van der Waals surface area contributed by atoms with Crippen LogP contribution in [0.3, 0.4) is 0 Å². The average Bonchev–Trinajstić information content (AvgIpc) is 2.28. The van der Waals surface area contributed by atoms with Gasteiger partial charge in [0.1, 0.15) is 6.61 Å². The van der Waals surface area contributed by atoms with Gasteiger partial charge in [0.25, 0.3) is 0 Å². The molecule has 0 amide bonds. The lowest BCUT2D eigenvalue weighted by atomic mass is 10.2. The van der Waals surface area contributed by atoms with Gasteiger partial charge < -0.3 is 10.5 Å². The summed E-state index contributed by atoms with van der Waals surface area (Å²) in [5.41, 5.74) is 8.59. The van der Waals surface area contributed by atoms with Gasteiger partial charge in [0.05, 0.1) is 0 Å². The molecule has 16 heavy (non-hydrogen) atoms. The van der Waals surface area contributed by atoms with Gasteiger partial charge in [-0.15, -0.1) is 0 Å². The number of rotatable bonds is 3. The van der Waals surface area contributed by atoms with Gasteiger partial charge in [-0.1, -0.05) is 18.2 Å². The maximum Gasteiger partial charge on any atom is 0.213 e. The van der Waals surface area contributed by atoms with E-state index in [1.165, 1.54) is 0 Å². The molecule has 0 spiro atoms. The van der Waals surface area contributed by atoms with E-state index < -0.39 is 0 Å². The number of pyridine rings is 1. The predicted octanol–water partition coefficient (Wildman–Crippen LogP) is 2.55. The van der Waals surface area contributed by atoms with Gasteiger partial charge in [0.2, 0.25) is 5.88 Å². The highest BCUT2D eigenvalue weighted by molar-refractivity contribution is 5.40. The van der Waals surface area contributed by atoms with E-state index in [0.717, 1.165) is 16.8 Å². The minimum Gasteiger partial charge on any atom is -0.473 e. The second-order valence-electron chi connectivity index (χ2n) is 3.71. The molecule has 1 aromatic heterocycles. The summed E-state index contributed by atoms with van der Waals surface area (Å²) in [6.45, 7) is 2.48. The van der Waals surface area contributed by atoms with Gasteiger partial charge in [-0.3, -0.25) is 0 Å². The molecule has 3 nitrogen and oxygen atoms in total. The fourth-order valence-electron chi connectivity index (χ4n) is 1.38. The molecule has 2 rings (SSSR count). The van der Waals surface area contributed by atoms with Gasteiger partial charge >= 0.3 is 0 Å². The van der Waals surface area contributed by atoms with Gasteiger partial charge in [-0.25, -0.2) is 4.98 Å². The Hall–Kier alpha value is -2.03. The van der Waals surface area contributed by atoms with Crippen molar-refractivity contribution < 1.29 is 4.74 Å². The SMILES string of the molecule is Cc1ccc(OCc2cccc(N)c2)nc1. The van der Waals surface area contributed by atoms with E-state index in [0.29, 0.717) is 12.5 Å². The Morgan fingerprint density at radius 3 is 2.81 bits per heavy atom. The van der Waals surface area contributed by atoms with E-state index in [9.17, 15) is 0 Å². The van der Waals surface area contributed by atoms with E-state index in [1.807, 2.05) is 43.3 Å². The smallest absolute Gasteiger partial charge is 0.213 e. The molecule has 0 atom stereocenters. The molecule has 1 heterocycles. The largest absolute Gasteiger partial charge is 0.473 e. The molecule has 0 saturated carbocycles. The number of ether oxygens (including phenoxy) is 1. The van der Waals surface area contributed by atoms with Crippen LogP contribution < -0.4 is 10.5 Å². The van der Waals surface area contributed by atoms with Crippen molar-refractivity contribution in [2.45, 2.75) is 13.5 Å². The van der Waals surface area contributed by atoms with Crippen LogP contribution in [-0.4, -0.2) is 4.98 Å². The molecular formula is C13H14N2O. The van der Waals surface area contributed by atoms with Crippen molar-refractivity contribution in [3.8, 4) is 5.88 Å². The van der Waals surface area contributed by atoms with Gasteiger partial charge in [-0.05, 0) is 30.2 Å². The van der Waals surface area contributed by atoms with Crippen molar-refractivity contribution in [2.75, 3.05) is 5.73 Å². The molecule has 0 bridgehead atoms. The topological polar surface area (TPSA) is 48.1 Å². The summed E-state index contributed by atoms with van der Waals surface area (Å²) in [6.07, 6.45) is 1.79. The highest BCUT2D eigenvalue weighted by atomic mass is 16.5. The molecule has 3 heteroatoms. The van der Waals surface area contributed by atoms with E-state index in [1.54, 1.807) is 6.20 Å². The maximum absolute atomic E-state index is 5.68. The Bertz CT molecular complexity index is 466. The van der Waals surface area contributed by atoms with Crippen LogP contribution in [-0.2, 0) is 6.61 Å². The van der Waals surface area contributed by atoms with Crippen LogP contribution >= 0.6 is 0 Å². The third kappa shape index (κ3) is 2.73. The minimum absolute atomic E-state index is 0.487. The fourth-order valence-corrected chi connectivity index (χ4v) is 1.38. The highest BCUT2D eigenvalue weighted by Gasteiger charge is 1.97. The van der Waals surface area contributed by atoms with Crippen LogP contribution in [0, 0.1) is 6.92 Å². The summed E-state index contributed by atoms with van der Waals surface area (Å²) in [7, 11) is 0. The Labute approximate surface area is 94.9 Å². The van der Waals surface area contributed by atoms with Crippen molar-refractivity contribution in [1.29, 1.82) is 0 Å². The van der Waals surface area contributed by atoms with Gasteiger partial charge in [0.15, 0.2) is 0 Å². The maximum atomic E-state index is 5.68. The van der Waals surface area contributed by atoms with E-state index >= 15 is 0 Å². The molecule has 2 aromatic rings. The molecule has 0 aliphatic heterocycles. The first-order valence-electron chi connectivity index (χ1n) is 5.14. The Balaban J connectivity index is 1.99. The van der Waals surface area contributed by atoms with Gasteiger partial charge in [-0.2, -0.15) is 0 Å². The Kier molecular flexibility index (Phi) is 3.05. The van der Waals surface area contributed by atoms with E-state index in [4.69, 9.17) is 10.5 Å². The third-order valence-corrected chi connectivity index (χ3v) is 2.22. The number of nitrogens with zero attached hydrogens (tertiary/aromatic N) is 1. The van der Waals surface area contributed by atoms with Crippen LogP contribution in [0.25, 0.3) is 0 Å². The number of nitrogen functional groups attached to an aromatic ring is 1. The molecule has 1 aromatic carbocycles. The van der Waals surface area contributed by atoms with Crippen molar-refractivity contribution in [3.05, 3.63) is 53.7 Å². The summed E-state index contributed by atoms with van der Waals surface area (Å²) in [5, 5.41) is 0. The summed E-state index contributed by atoms with van der Waals surface area (Å²) >= 11 is 0. The summed E-state index contributed by atoms with van der Waals surface area (Å²) in [6, 6.07) is 11.5. The van der Waals surface area contributed by atoms with Crippen molar-refractivity contribution in [3.63, 3.8) is 0 Å². The fraction of sp³-hybridized carbons (Fsp3) is 0.154. The first-order valence-corrected chi connectivity index (χ1v) is 5.14. The minimum atomic E-state index is 0.487. The molecule has 0 unspecified atom stereocenters. The number of hydrogen-bond acceptors (Lipinski definition) is 3. The zero-order valence-electron chi connectivity index (χ0n) is 9.18. The van der Waals surface area contributed by atoms with Crippen LogP contribution in [0.2, 0.25) is 0 Å². The lowest BCUT2D eigenvalue weighted by Gasteiger charge is -2.05.